The fourth-order valence-electron chi connectivity index (χ4n) is 3.34. The molecule has 1 unspecified atom stereocenters. The number of carbonyl (C=O) groups is 1. The van der Waals surface area contributed by atoms with Crippen molar-refractivity contribution in [3.05, 3.63) is 69.0 Å². The number of hydrogen-bond acceptors (Lipinski definition) is 6. The Labute approximate surface area is 196 Å². The summed E-state index contributed by atoms with van der Waals surface area (Å²) in [5.41, 5.74) is 1.91. The number of fused-ring (bicyclic) bond motifs is 1. The fraction of sp³-hybridized carbons (Fsp3) is 0.174. The van der Waals surface area contributed by atoms with Crippen molar-refractivity contribution in [2.75, 3.05) is 19.5 Å². The quantitative estimate of drug-likeness (QED) is 0.387. The molecule has 2 aromatic carbocycles. The molecule has 2 heterocycles. The van der Waals surface area contributed by atoms with Crippen molar-refractivity contribution < 1.29 is 14.3 Å². The van der Waals surface area contributed by atoms with Crippen LogP contribution in [0.15, 0.2) is 63.4 Å². The minimum atomic E-state index is -0.749. The molecule has 0 aliphatic carbocycles. The molecule has 0 aliphatic heterocycles. The average molecular weight is 514 g/mol. The number of benzene rings is 2. The number of ether oxygens (including phenoxy) is 2. The molecule has 9 heteroatoms. The first-order valence-electron chi connectivity index (χ1n) is 9.70. The van der Waals surface area contributed by atoms with Gasteiger partial charge in [0.25, 0.3) is 5.56 Å². The normalized spacial score (nSPS) is 11.9. The largest absolute Gasteiger partial charge is 0.493 e. The van der Waals surface area contributed by atoms with E-state index in [4.69, 9.17) is 9.47 Å². The predicted octanol–water partition coefficient (Wildman–Crippen LogP) is 5.10. The molecule has 1 N–H and O–H groups in total. The van der Waals surface area contributed by atoms with Crippen LogP contribution in [-0.4, -0.2) is 29.7 Å². The maximum Gasteiger partial charge on any atom is 0.263 e. The summed E-state index contributed by atoms with van der Waals surface area (Å²) in [6, 6.07) is 12.0. The minimum Gasteiger partial charge on any atom is -0.493 e. The van der Waals surface area contributed by atoms with Crippen molar-refractivity contribution >= 4 is 49.1 Å². The van der Waals surface area contributed by atoms with Gasteiger partial charge in [0, 0.05) is 21.1 Å². The lowest BCUT2D eigenvalue weighted by Crippen LogP contribution is -2.31. The molecule has 4 rings (SSSR count). The molecule has 32 heavy (non-hydrogen) atoms. The second-order valence-electron chi connectivity index (χ2n) is 7.03. The van der Waals surface area contributed by atoms with Crippen LogP contribution in [0.2, 0.25) is 0 Å². The van der Waals surface area contributed by atoms with Gasteiger partial charge in [-0.3, -0.25) is 14.2 Å². The van der Waals surface area contributed by atoms with Crippen molar-refractivity contribution in [2.24, 2.45) is 0 Å². The first kappa shape index (κ1) is 22.0. The van der Waals surface area contributed by atoms with E-state index in [9.17, 15) is 9.59 Å². The number of nitrogens with zero attached hydrogens (tertiary/aromatic N) is 2. The lowest BCUT2D eigenvalue weighted by Gasteiger charge is -2.15. The molecule has 0 radical (unpaired) electrons. The van der Waals surface area contributed by atoms with Gasteiger partial charge < -0.3 is 14.8 Å². The van der Waals surface area contributed by atoms with Crippen LogP contribution >= 0.6 is 27.3 Å². The van der Waals surface area contributed by atoms with E-state index in [0.29, 0.717) is 27.4 Å². The van der Waals surface area contributed by atoms with Crippen molar-refractivity contribution in [1.29, 1.82) is 0 Å². The maximum atomic E-state index is 13.4. The highest BCUT2D eigenvalue weighted by atomic mass is 79.9. The van der Waals surface area contributed by atoms with Gasteiger partial charge in [-0.1, -0.05) is 22.0 Å². The average Bonchev–Trinajstić information content (AvgIpc) is 3.25. The molecular weight excluding hydrogens is 494 g/mol. The van der Waals surface area contributed by atoms with Crippen molar-refractivity contribution in [3.63, 3.8) is 0 Å². The number of thiophene rings is 1. The van der Waals surface area contributed by atoms with Crippen LogP contribution in [0.5, 0.6) is 11.5 Å². The number of carbonyl (C=O) groups excluding carboxylic acids is 1. The Balaban J connectivity index is 1.72. The number of anilines is 1. The summed E-state index contributed by atoms with van der Waals surface area (Å²) in [5, 5.41) is 5.19. The van der Waals surface area contributed by atoms with Gasteiger partial charge >= 0.3 is 0 Å². The zero-order chi connectivity index (χ0) is 22.8. The van der Waals surface area contributed by atoms with E-state index in [1.807, 2.05) is 29.6 Å². The Kier molecular flexibility index (Phi) is 6.29. The third-order valence-electron chi connectivity index (χ3n) is 5.12. The molecule has 0 fully saturated rings. The van der Waals surface area contributed by atoms with Gasteiger partial charge in [0.15, 0.2) is 11.5 Å². The van der Waals surface area contributed by atoms with E-state index in [1.54, 1.807) is 39.3 Å². The molecule has 0 saturated carbocycles. The molecule has 4 aromatic rings. The summed E-state index contributed by atoms with van der Waals surface area (Å²) >= 11 is 4.75. The standard InChI is InChI=1S/C23H20BrN3O4S/c1-13(21(28)26-16-7-5-15(24)6-8-16)27-12-25-22-20(23(27)29)17(11-32-22)14-4-9-18(30-2)19(10-14)31-3/h4-13H,1-3H3,(H,26,28). The SMILES string of the molecule is COc1ccc(-c2csc3ncn(C(C)C(=O)Nc4ccc(Br)cc4)c(=O)c23)cc1OC. The smallest absolute Gasteiger partial charge is 0.263 e. The fourth-order valence-corrected chi connectivity index (χ4v) is 4.51. The van der Waals surface area contributed by atoms with Gasteiger partial charge in [-0.05, 0) is 48.9 Å². The Bertz CT molecular complexity index is 1350. The number of hydrogen-bond donors (Lipinski definition) is 1. The van der Waals surface area contributed by atoms with Crippen molar-refractivity contribution in [3.8, 4) is 22.6 Å². The van der Waals surface area contributed by atoms with Crippen LogP contribution in [0.3, 0.4) is 0 Å². The van der Waals surface area contributed by atoms with E-state index in [-0.39, 0.29) is 11.5 Å². The van der Waals surface area contributed by atoms with Gasteiger partial charge in [0.05, 0.1) is 25.9 Å². The number of methoxy groups -OCH3 is 2. The molecule has 7 nitrogen and oxygen atoms in total. The number of amides is 1. The molecule has 1 amide bonds. The summed E-state index contributed by atoms with van der Waals surface area (Å²) < 4.78 is 13.0. The molecule has 0 aliphatic rings. The highest BCUT2D eigenvalue weighted by Gasteiger charge is 2.21. The summed E-state index contributed by atoms with van der Waals surface area (Å²) in [6.07, 6.45) is 1.42. The predicted molar refractivity (Wildman–Crippen MR) is 130 cm³/mol. The second kappa shape index (κ2) is 9.13. The zero-order valence-corrected chi connectivity index (χ0v) is 20.0. The van der Waals surface area contributed by atoms with Crippen LogP contribution in [0.1, 0.15) is 13.0 Å². The monoisotopic (exact) mass is 513 g/mol. The third kappa shape index (κ3) is 4.13. The summed E-state index contributed by atoms with van der Waals surface area (Å²) in [7, 11) is 3.13. The maximum absolute atomic E-state index is 13.4. The van der Waals surface area contributed by atoms with Gasteiger partial charge in [-0.25, -0.2) is 4.98 Å². The molecule has 1 atom stereocenters. The van der Waals surface area contributed by atoms with Gasteiger partial charge in [-0.2, -0.15) is 0 Å². The second-order valence-corrected chi connectivity index (χ2v) is 8.80. The summed E-state index contributed by atoms with van der Waals surface area (Å²) in [5.74, 6) is 0.860. The first-order chi connectivity index (χ1) is 15.4. The van der Waals surface area contributed by atoms with Crippen LogP contribution in [-0.2, 0) is 4.79 Å². The third-order valence-corrected chi connectivity index (χ3v) is 6.54. The molecule has 0 bridgehead atoms. The first-order valence-corrected chi connectivity index (χ1v) is 11.4. The Morgan fingerprint density at radius 3 is 2.53 bits per heavy atom. The highest BCUT2D eigenvalue weighted by Crippen LogP contribution is 2.36. The number of rotatable bonds is 6. The van der Waals surface area contributed by atoms with Crippen LogP contribution < -0.4 is 20.3 Å². The van der Waals surface area contributed by atoms with E-state index in [1.165, 1.54) is 22.2 Å². The molecule has 2 aromatic heterocycles. The topological polar surface area (TPSA) is 82.5 Å². The van der Waals surface area contributed by atoms with Crippen LogP contribution in [0.4, 0.5) is 5.69 Å². The zero-order valence-electron chi connectivity index (χ0n) is 17.6. The molecule has 164 valence electrons. The van der Waals surface area contributed by atoms with Crippen molar-refractivity contribution in [1.82, 2.24) is 9.55 Å². The van der Waals surface area contributed by atoms with Crippen molar-refractivity contribution in [2.45, 2.75) is 13.0 Å². The lowest BCUT2D eigenvalue weighted by atomic mass is 10.1. The number of nitrogens with one attached hydrogen (secondary N) is 1. The number of aromatic nitrogens is 2. The molecule has 0 spiro atoms. The Hall–Kier alpha value is -3.17. The van der Waals surface area contributed by atoms with Crippen LogP contribution in [0, 0.1) is 0 Å². The van der Waals surface area contributed by atoms with Gasteiger partial charge in [-0.15, -0.1) is 11.3 Å². The van der Waals surface area contributed by atoms with E-state index in [2.05, 4.69) is 26.2 Å². The lowest BCUT2D eigenvalue weighted by molar-refractivity contribution is -0.118. The van der Waals surface area contributed by atoms with Crippen LogP contribution in [0.25, 0.3) is 21.3 Å². The van der Waals surface area contributed by atoms with E-state index in [0.717, 1.165) is 15.6 Å². The van der Waals surface area contributed by atoms with Gasteiger partial charge in [0.2, 0.25) is 5.91 Å². The molecular formula is C23H20BrN3O4S. The van der Waals surface area contributed by atoms with E-state index < -0.39 is 6.04 Å². The Morgan fingerprint density at radius 1 is 1.12 bits per heavy atom. The highest BCUT2D eigenvalue weighted by molar-refractivity contribution is 9.10. The van der Waals surface area contributed by atoms with Gasteiger partial charge in [0.1, 0.15) is 10.9 Å². The summed E-state index contributed by atoms with van der Waals surface area (Å²) in [6.45, 7) is 1.67. The molecule has 0 saturated heterocycles. The van der Waals surface area contributed by atoms with E-state index >= 15 is 0 Å². The number of halogens is 1. The Morgan fingerprint density at radius 2 is 1.84 bits per heavy atom. The summed E-state index contributed by atoms with van der Waals surface area (Å²) in [4.78, 5) is 31.2. The minimum absolute atomic E-state index is 0.278.